The summed E-state index contributed by atoms with van der Waals surface area (Å²) < 4.78 is 0. The molecular formula is C17H18. The number of hydrogen-bond acceptors (Lipinski definition) is 0. The van der Waals surface area contributed by atoms with Crippen molar-refractivity contribution < 1.29 is 0 Å². The van der Waals surface area contributed by atoms with Gasteiger partial charge in [-0.2, -0.15) is 0 Å². The van der Waals surface area contributed by atoms with Gasteiger partial charge in [-0.25, -0.2) is 0 Å². The zero-order valence-corrected chi connectivity index (χ0v) is 10.7. The van der Waals surface area contributed by atoms with Gasteiger partial charge in [-0.1, -0.05) is 60.2 Å². The molecule has 0 atom stereocenters. The largest absolute Gasteiger partial charge is 0.0587 e. The van der Waals surface area contributed by atoms with Crippen LogP contribution in [0.2, 0.25) is 0 Å². The SMILES string of the molecule is Cc1ccc(/C=C\c2ccc(C)c(C)c2)cc1. The lowest BCUT2D eigenvalue weighted by Crippen LogP contribution is -1.81. The molecule has 0 heterocycles. The van der Waals surface area contributed by atoms with Crippen LogP contribution in [0.5, 0.6) is 0 Å². The summed E-state index contributed by atoms with van der Waals surface area (Å²) in [4.78, 5) is 0. The maximum absolute atomic E-state index is 2.22. The normalized spacial score (nSPS) is 11.0. The topological polar surface area (TPSA) is 0 Å². The Hall–Kier alpha value is -1.82. The fraction of sp³-hybridized carbons (Fsp3) is 0.176. The lowest BCUT2D eigenvalue weighted by atomic mass is 10.1. The Morgan fingerprint density at radius 2 is 1.24 bits per heavy atom. The molecule has 0 amide bonds. The molecular weight excluding hydrogens is 204 g/mol. The Balaban J connectivity index is 2.20. The van der Waals surface area contributed by atoms with Gasteiger partial charge in [-0.05, 0) is 43.0 Å². The van der Waals surface area contributed by atoms with Crippen molar-refractivity contribution in [2.75, 3.05) is 0 Å². The Morgan fingerprint density at radius 3 is 1.88 bits per heavy atom. The minimum Gasteiger partial charge on any atom is -0.0587 e. The van der Waals surface area contributed by atoms with Crippen molar-refractivity contribution >= 4 is 12.2 Å². The third-order valence-corrected chi connectivity index (χ3v) is 3.08. The van der Waals surface area contributed by atoms with Gasteiger partial charge in [0.15, 0.2) is 0 Å². The highest BCUT2D eigenvalue weighted by molar-refractivity contribution is 5.70. The first-order valence-electron chi connectivity index (χ1n) is 5.97. The van der Waals surface area contributed by atoms with E-state index in [1.165, 1.54) is 27.8 Å². The van der Waals surface area contributed by atoms with Crippen molar-refractivity contribution in [2.24, 2.45) is 0 Å². The highest BCUT2D eigenvalue weighted by Gasteiger charge is 1.93. The third-order valence-electron chi connectivity index (χ3n) is 3.08. The molecule has 0 saturated heterocycles. The molecule has 0 spiro atoms. The second kappa shape index (κ2) is 5.01. The van der Waals surface area contributed by atoms with Gasteiger partial charge in [-0.15, -0.1) is 0 Å². The molecule has 0 N–H and O–H groups in total. The lowest BCUT2D eigenvalue weighted by Gasteiger charge is -2.01. The van der Waals surface area contributed by atoms with E-state index in [-0.39, 0.29) is 0 Å². The molecule has 0 fully saturated rings. The number of benzene rings is 2. The van der Waals surface area contributed by atoms with Crippen LogP contribution in [0.1, 0.15) is 27.8 Å². The Kier molecular flexibility index (Phi) is 3.43. The molecule has 2 rings (SSSR count). The highest BCUT2D eigenvalue weighted by Crippen LogP contribution is 2.13. The maximum Gasteiger partial charge on any atom is -0.0254 e. The molecule has 2 aromatic carbocycles. The van der Waals surface area contributed by atoms with Crippen molar-refractivity contribution in [1.82, 2.24) is 0 Å². The van der Waals surface area contributed by atoms with E-state index in [1.54, 1.807) is 0 Å². The van der Waals surface area contributed by atoms with Crippen LogP contribution in [0, 0.1) is 20.8 Å². The van der Waals surface area contributed by atoms with Crippen molar-refractivity contribution in [3.8, 4) is 0 Å². The van der Waals surface area contributed by atoms with Crippen molar-refractivity contribution in [3.05, 3.63) is 70.3 Å². The average Bonchev–Trinajstić information content (AvgIpc) is 2.33. The van der Waals surface area contributed by atoms with E-state index < -0.39 is 0 Å². The van der Waals surface area contributed by atoms with Gasteiger partial charge >= 0.3 is 0 Å². The van der Waals surface area contributed by atoms with Crippen LogP contribution in [0.15, 0.2) is 42.5 Å². The molecule has 0 unspecified atom stereocenters. The van der Waals surface area contributed by atoms with Crippen LogP contribution < -0.4 is 0 Å². The molecule has 0 aliphatic carbocycles. The van der Waals surface area contributed by atoms with Gasteiger partial charge in [0, 0.05) is 0 Å². The molecule has 0 aliphatic rings. The highest BCUT2D eigenvalue weighted by atomic mass is 14.0. The van der Waals surface area contributed by atoms with E-state index in [9.17, 15) is 0 Å². The van der Waals surface area contributed by atoms with Gasteiger partial charge in [-0.3, -0.25) is 0 Å². The van der Waals surface area contributed by atoms with Gasteiger partial charge in [0.2, 0.25) is 0 Å². The quantitative estimate of drug-likeness (QED) is 0.641. The van der Waals surface area contributed by atoms with E-state index in [2.05, 4.69) is 75.4 Å². The minimum absolute atomic E-state index is 1.24. The van der Waals surface area contributed by atoms with Crippen LogP contribution >= 0.6 is 0 Å². The zero-order chi connectivity index (χ0) is 12.3. The Morgan fingerprint density at radius 1 is 0.647 bits per heavy atom. The summed E-state index contributed by atoms with van der Waals surface area (Å²) >= 11 is 0. The predicted molar refractivity (Wildman–Crippen MR) is 76.0 cm³/mol. The van der Waals surface area contributed by atoms with E-state index in [4.69, 9.17) is 0 Å². The predicted octanol–water partition coefficient (Wildman–Crippen LogP) is 4.78. The number of aryl methyl sites for hydroxylation is 3. The first kappa shape index (κ1) is 11.7. The van der Waals surface area contributed by atoms with E-state index in [0.29, 0.717) is 0 Å². The molecule has 0 aromatic heterocycles. The van der Waals surface area contributed by atoms with E-state index in [0.717, 1.165) is 0 Å². The molecule has 0 nitrogen and oxygen atoms in total. The Bertz CT molecular complexity index is 530. The molecule has 0 bridgehead atoms. The molecule has 0 heteroatoms. The fourth-order valence-corrected chi connectivity index (χ4v) is 1.74. The lowest BCUT2D eigenvalue weighted by molar-refractivity contribution is 1.33. The second-order valence-electron chi connectivity index (χ2n) is 4.59. The van der Waals surface area contributed by atoms with Crippen LogP contribution in [-0.4, -0.2) is 0 Å². The standard InChI is InChI=1S/C17H18/c1-13-4-7-16(8-5-13)10-11-17-9-6-14(2)15(3)12-17/h4-12H,1-3H3/b11-10-. The molecule has 17 heavy (non-hydrogen) atoms. The summed E-state index contributed by atoms with van der Waals surface area (Å²) in [5, 5.41) is 0. The van der Waals surface area contributed by atoms with Gasteiger partial charge in [0.05, 0.1) is 0 Å². The summed E-state index contributed by atoms with van der Waals surface area (Å²) in [6.45, 7) is 6.40. The van der Waals surface area contributed by atoms with Crippen LogP contribution in [0.25, 0.3) is 12.2 Å². The third kappa shape index (κ3) is 3.07. The van der Waals surface area contributed by atoms with Crippen LogP contribution in [0.4, 0.5) is 0 Å². The van der Waals surface area contributed by atoms with Crippen molar-refractivity contribution in [3.63, 3.8) is 0 Å². The first-order chi connectivity index (χ1) is 8.15. The number of hydrogen-bond donors (Lipinski definition) is 0. The Labute approximate surface area is 104 Å². The minimum atomic E-state index is 1.24. The van der Waals surface area contributed by atoms with Gasteiger partial charge in [0.1, 0.15) is 0 Å². The summed E-state index contributed by atoms with van der Waals surface area (Å²) in [7, 11) is 0. The molecule has 0 saturated carbocycles. The molecule has 86 valence electrons. The van der Waals surface area contributed by atoms with Gasteiger partial charge in [0.25, 0.3) is 0 Å². The number of rotatable bonds is 2. The first-order valence-corrected chi connectivity index (χ1v) is 5.97. The smallest absolute Gasteiger partial charge is 0.0254 e. The molecule has 0 aliphatic heterocycles. The van der Waals surface area contributed by atoms with Gasteiger partial charge < -0.3 is 0 Å². The summed E-state index contributed by atoms with van der Waals surface area (Å²) in [6, 6.07) is 15.1. The van der Waals surface area contributed by atoms with E-state index in [1.807, 2.05) is 0 Å². The molecule has 0 radical (unpaired) electrons. The zero-order valence-electron chi connectivity index (χ0n) is 10.7. The summed E-state index contributed by atoms with van der Waals surface area (Å²) in [5.41, 5.74) is 6.49. The summed E-state index contributed by atoms with van der Waals surface area (Å²) in [6.07, 6.45) is 4.32. The molecule has 2 aromatic rings. The second-order valence-corrected chi connectivity index (χ2v) is 4.59. The average molecular weight is 222 g/mol. The monoisotopic (exact) mass is 222 g/mol. The van der Waals surface area contributed by atoms with Crippen LogP contribution in [-0.2, 0) is 0 Å². The van der Waals surface area contributed by atoms with Crippen molar-refractivity contribution in [1.29, 1.82) is 0 Å². The van der Waals surface area contributed by atoms with Crippen LogP contribution in [0.3, 0.4) is 0 Å². The van der Waals surface area contributed by atoms with E-state index >= 15 is 0 Å². The summed E-state index contributed by atoms with van der Waals surface area (Å²) in [5.74, 6) is 0. The van der Waals surface area contributed by atoms with Crippen molar-refractivity contribution in [2.45, 2.75) is 20.8 Å². The maximum atomic E-state index is 2.22. The fourth-order valence-electron chi connectivity index (χ4n) is 1.74.